The van der Waals surface area contributed by atoms with E-state index in [9.17, 15) is 29.0 Å². The monoisotopic (exact) mass is 558 g/mol. The third-order valence-electron chi connectivity index (χ3n) is 5.36. The van der Waals surface area contributed by atoms with Crippen LogP contribution in [0.4, 0.5) is 15.8 Å². The number of amides is 1. The Bertz CT molecular complexity index is 1470. The molecule has 2 aromatic carbocycles. The molecule has 0 unspecified atom stereocenters. The molecule has 3 aromatic rings. The number of halogens is 2. The molecule has 39 heavy (non-hydrogen) atoms. The molecular formula is C25H24ClFN6O6. The average molecular weight is 559 g/mol. The summed E-state index contributed by atoms with van der Waals surface area (Å²) in [6, 6.07) is 4.55. The van der Waals surface area contributed by atoms with Crippen LogP contribution in [-0.4, -0.2) is 51.3 Å². The number of nitrogens with one attached hydrogen (secondary N) is 2. The van der Waals surface area contributed by atoms with Gasteiger partial charge in [-0.2, -0.15) is 0 Å². The molecule has 14 heteroatoms. The Morgan fingerprint density at radius 3 is 2.41 bits per heavy atom. The summed E-state index contributed by atoms with van der Waals surface area (Å²) in [7, 11) is 1.53. The summed E-state index contributed by atoms with van der Waals surface area (Å²) in [6.45, 7) is -0.105. The Hall–Kier alpha value is -5.04. The van der Waals surface area contributed by atoms with Gasteiger partial charge in [-0.1, -0.05) is 11.6 Å². The maximum absolute atomic E-state index is 14.7. The number of anilines is 2. The number of ether oxygens (including phenoxy) is 1. The molecule has 0 aliphatic rings. The fraction of sp³-hybridized carbons (Fsp3) is 0.120. The lowest BCUT2D eigenvalue weighted by atomic mass is 10.1. The number of nitrogens with two attached hydrogens (primary N) is 2. The molecule has 8 N–H and O–H groups in total. The summed E-state index contributed by atoms with van der Waals surface area (Å²) >= 11 is 6.12. The van der Waals surface area contributed by atoms with Crippen LogP contribution in [0.25, 0.3) is 5.82 Å². The van der Waals surface area contributed by atoms with Crippen LogP contribution < -0.4 is 26.8 Å². The summed E-state index contributed by atoms with van der Waals surface area (Å²) in [5.41, 5.74) is 10.9. The number of aromatic carboxylic acids is 2. The standard InChI is InChI=1S/C25H24ClFN6O6/c1-30-19-11-21(16(26)9-14(19)24(35)36)39-7-4-13-8-20(15(25(37)38)10-17(13)27)32-23(34)18(28)2-3-22(29)33-6-5-31-12-33/h2-3,5-6,8-12,30H,4,7,28-29H2,1H3,(H,32,34)(H,35,36)(H,37,38)/b18-2-,22-3+. The summed E-state index contributed by atoms with van der Waals surface area (Å²) in [5.74, 6) is -3.95. The first kappa shape index (κ1) is 28.5. The molecule has 3 rings (SSSR count). The summed E-state index contributed by atoms with van der Waals surface area (Å²) in [6.07, 6.45) is 7.07. The topological polar surface area (TPSA) is 195 Å². The van der Waals surface area contributed by atoms with E-state index in [0.29, 0.717) is 0 Å². The minimum absolute atomic E-state index is 0.0334. The number of carboxylic acids is 2. The van der Waals surface area contributed by atoms with E-state index in [4.69, 9.17) is 27.8 Å². The lowest BCUT2D eigenvalue weighted by molar-refractivity contribution is -0.112. The molecule has 0 fully saturated rings. The van der Waals surface area contributed by atoms with Gasteiger partial charge in [-0.25, -0.2) is 19.0 Å². The zero-order chi connectivity index (χ0) is 28.7. The van der Waals surface area contributed by atoms with Crippen LogP contribution in [0, 0.1) is 5.82 Å². The van der Waals surface area contributed by atoms with Gasteiger partial charge in [-0.15, -0.1) is 0 Å². The molecule has 1 amide bonds. The van der Waals surface area contributed by atoms with Crippen LogP contribution in [0.15, 0.2) is 60.8 Å². The largest absolute Gasteiger partial charge is 0.492 e. The Morgan fingerprint density at radius 1 is 1.10 bits per heavy atom. The molecule has 204 valence electrons. The number of hydrogen-bond acceptors (Lipinski definition) is 8. The average Bonchev–Trinajstić information content (AvgIpc) is 3.44. The summed E-state index contributed by atoms with van der Waals surface area (Å²) in [5, 5.41) is 23.9. The van der Waals surface area contributed by atoms with Crippen molar-refractivity contribution in [2.24, 2.45) is 11.5 Å². The molecule has 0 atom stereocenters. The number of rotatable bonds is 11. The van der Waals surface area contributed by atoms with Crippen molar-refractivity contribution in [1.82, 2.24) is 9.55 Å². The molecule has 1 aromatic heterocycles. The van der Waals surface area contributed by atoms with Gasteiger partial charge < -0.3 is 37.1 Å². The van der Waals surface area contributed by atoms with Crippen molar-refractivity contribution < 1.29 is 33.7 Å². The van der Waals surface area contributed by atoms with Crippen LogP contribution >= 0.6 is 11.6 Å². The summed E-state index contributed by atoms with van der Waals surface area (Å²) in [4.78, 5) is 39.5. The number of benzene rings is 2. The highest BCUT2D eigenvalue weighted by molar-refractivity contribution is 6.32. The number of nitrogens with zero attached hydrogens (tertiary/aromatic N) is 2. The molecule has 0 aliphatic heterocycles. The third kappa shape index (κ3) is 7.05. The first-order valence-electron chi connectivity index (χ1n) is 11.2. The number of hydrogen-bond donors (Lipinski definition) is 6. The van der Waals surface area contributed by atoms with E-state index in [0.717, 1.165) is 12.1 Å². The Kier molecular flexibility index (Phi) is 9.12. The van der Waals surface area contributed by atoms with Crippen molar-refractivity contribution in [2.45, 2.75) is 6.42 Å². The molecule has 1 heterocycles. The minimum Gasteiger partial charge on any atom is -0.492 e. The number of aromatic nitrogens is 2. The van der Waals surface area contributed by atoms with Crippen LogP contribution in [0.1, 0.15) is 26.3 Å². The molecule has 0 aliphatic carbocycles. The van der Waals surface area contributed by atoms with Crippen LogP contribution in [0.2, 0.25) is 5.02 Å². The Morgan fingerprint density at radius 2 is 1.79 bits per heavy atom. The van der Waals surface area contributed by atoms with Crippen molar-refractivity contribution >= 4 is 46.6 Å². The smallest absolute Gasteiger partial charge is 0.337 e. The van der Waals surface area contributed by atoms with E-state index in [-0.39, 0.29) is 57.8 Å². The number of imidazole rings is 1. The van der Waals surface area contributed by atoms with E-state index in [2.05, 4.69) is 15.6 Å². The van der Waals surface area contributed by atoms with Gasteiger partial charge in [0.1, 0.15) is 23.7 Å². The molecule has 0 bridgehead atoms. The molecular weight excluding hydrogens is 535 g/mol. The maximum Gasteiger partial charge on any atom is 0.337 e. The number of carbonyl (C=O) groups is 3. The van der Waals surface area contributed by atoms with Gasteiger partial charge in [0.25, 0.3) is 5.91 Å². The first-order chi connectivity index (χ1) is 18.5. The van der Waals surface area contributed by atoms with E-state index in [1.54, 1.807) is 6.20 Å². The highest BCUT2D eigenvalue weighted by atomic mass is 35.5. The minimum atomic E-state index is -1.47. The Labute approximate surface area is 226 Å². The zero-order valence-electron chi connectivity index (χ0n) is 20.4. The normalized spacial score (nSPS) is 11.7. The molecule has 0 saturated heterocycles. The first-order valence-corrected chi connectivity index (χ1v) is 11.5. The van der Waals surface area contributed by atoms with Crippen molar-refractivity contribution in [1.29, 1.82) is 0 Å². The van der Waals surface area contributed by atoms with Gasteiger partial charge in [0.15, 0.2) is 0 Å². The van der Waals surface area contributed by atoms with Gasteiger partial charge in [0.05, 0.1) is 39.8 Å². The number of allylic oxidation sites excluding steroid dienone is 2. The maximum atomic E-state index is 14.7. The highest BCUT2D eigenvalue weighted by Gasteiger charge is 2.19. The second-order valence-electron chi connectivity index (χ2n) is 7.91. The lowest BCUT2D eigenvalue weighted by Gasteiger charge is -2.14. The van der Waals surface area contributed by atoms with Crippen molar-refractivity contribution in [2.75, 3.05) is 24.3 Å². The molecule has 0 saturated carbocycles. The van der Waals surface area contributed by atoms with Gasteiger partial charge in [-0.3, -0.25) is 9.36 Å². The SMILES string of the molecule is CNc1cc(OCCc2cc(NC(=O)/C(N)=C/C=C(\N)n3ccnc3)c(C(=O)O)cc2F)c(Cl)cc1C(=O)O. The zero-order valence-corrected chi connectivity index (χ0v) is 21.2. The van der Waals surface area contributed by atoms with E-state index in [1.165, 1.54) is 48.4 Å². The second kappa shape index (κ2) is 12.5. The fourth-order valence-corrected chi connectivity index (χ4v) is 3.57. The van der Waals surface area contributed by atoms with Crippen molar-refractivity contribution in [3.8, 4) is 5.75 Å². The van der Waals surface area contributed by atoms with Gasteiger partial charge in [0, 0.05) is 31.9 Å². The van der Waals surface area contributed by atoms with E-state index < -0.39 is 29.2 Å². The van der Waals surface area contributed by atoms with Crippen LogP contribution in [0.5, 0.6) is 5.75 Å². The summed E-state index contributed by atoms with van der Waals surface area (Å²) < 4.78 is 21.8. The quantitative estimate of drug-likeness (QED) is 0.150. The van der Waals surface area contributed by atoms with Crippen LogP contribution in [0.3, 0.4) is 0 Å². The van der Waals surface area contributed by atoms with E-state index >= 15 is 0 Å². The third-order valence-corrected chi connectivity index (χ3v) is 5.66. The Balaban J connectivity index is 1.77. The molecule has 12 nitrogen and oxygen atoms in total. The van der Waals surface area contributed by atoms with Gasteiger partial charge in [0.2, 0.25) is 0 Å². The van der Waals surface area contributed by atoms with E-state index in [1.807, 2.05) is 0 Å². The van der Waals surface area contributed by atoms with Crippen molar-refractivity contribution in [3.63, 3.8) is 0 Å². The molecule has 0 spiro atoms. The highest BCUT2D eigenvalue weighted by Crippen LogP contribution is 2.32. The van der Waals surface area contributed by atoms with Gasteiger partial charge in [-0.05, 0) is 35.9 Å². The fourth-order valence-electron chi connectivity index (χ4n) is 3.35. The molecule has 0 radical (unpaired) electrons. The lowest BCUT2D eigenvalue weighted by Crippen LogP contribution is -2.22. The predicted octanol–water partition coefficient (Wildman–Crippen LogP) is 2.97. The number of carbonyl (C=O) groups excluding carboxylic acids is 1. The van der Waals surface area contributed by atoms with Gasteiger partial charge >= 0.3 is 11.9 Å². The van der Waals surface area contributed by atoms with Crippen LogP contribution in [-0.2, 0) is 11.2 Å². The number of carboxylic acid groups (broad SMARTS) is 2. The van der Waals surface area contributed by atoms with Crippen molar-refractivity contribution in [3.05, 3.63) is 88.4 Å². The second-order valence-corrected chi connectivity index (χ2v) is 8.32. The predicted molar refractivity (Wildman–Crippen MR) is 142 cm³/mol.